The minimum Gasteiger partial charge on any atom is -0.287 e. The van der Waals surface area contributed by atoms with E-state index in [2.05, 4.69) is 15.8 Å². The quantitative estimate of drug-likeness (QED) is 0.806. The molecule has 0 aliphatic rings. The lowest BCUT2D eigenvalue weighted by atomic mass is 10.1. The van der Waals surface area contributed by atoms with Crippen LogP contribution in [-0.4, -0.2) is 10.9 Å². The summed E-state index contributed by atoms with van der Waals surface area (Å²) in [7, 11) is 0. The minimum absolute atomic E-state index is 0.00589. The molecule has 0 spiro atoms. The van der Waals surface area contributed by atoms with Gasteiger partial charge in [-0.05, 0) is 30.7 Å². The molecule has 0 aliphatic carbocycles. The first-order valence-electron chi connectivity index (χ1n) is 5.78. The summed E-state index contributed by atoms with van der Waals surface area (Å²) in [5, 5.41) is 0. The Hall–Kier alpha value is -2.20. The minimum atomic E-state index is -0.147. The summed E-state index contributed by atoms with van der Waals surface area (Å²) in [5.41, 5.74) is 7.29. The molecule has 0 bridgehead atoms. The van der Waals surface area contributed by atoms with Crippen molar-refractivity contribution >= 4 is 5.91 Å². The normalized spacial score (nSPS) is 11.8. The maximum absolute atomic E-state index is 11.8. The zero-order valence-electron chi connectivity index (χ0n) is 10.1. The molecule has 2 N–H and O–H groups in total. The van der Waals surface area contributed by atoms with E-state index in [1.807, 2.05) is 37.3 Å². The van der Waals surface area contributed by atoms with E-state index in [0.29, 0.717) is 5.56 Å². The van der Waals surface area contributed by atoms with Crippen LogP contribution < -0.4 is 10.9 Å². The Balaban J connectivity index is 1.91. The average Bonchev–Trinajstić information content (AvgIpc) is 2.46. The lowest BCUT2D eigenvalue weighted by Gasteiger charge is -2.14. The molecule has 0 saturated heterocycles. The fraction of sp³-hybridized carbons (Fsp3) is 0.143. The molecule has 1 aromatic heterocycles. The van der Waals surface area contributed by atoms with Gasteiger partial charge in [0.2, 0.25) is 0 Å². The van der Waals surface area contributed by atoms with E-state index in [0.717, 1.165) is 5.56 Å². The van der Waals surface area contributed by atoms with Gasteiger partial charge in [-0.25, -0.2) is 5.43 Å². The van der Waals surface area contributed by atoms with Crippen LogP contribution in [-0.2, 0) is 0 Å². The maximum Gasteiger partial charge on any atom is 0.265 e. The highest BCUT2D eigenvalue weighted by Gasteiger charge is 2.07. The molecule has 92 valence electrons. The number of hydrogen-bond donors (Lipinski definition) is 2. The van der Waals surface area contributed by atoms with Crippen LogP contribution >= 0.6 is 0 Å². The van der Waals surface area contributed by atoms with Crippen molar-refractivity contribution in [1.82, 2.24) is 15.8 Å². The van der Waals surface area contributed by atoms with Gasteiger partial charge in [0.15, 0.2) is 0 Å². The zero-order chi connectivity index (χ0) is 12.8. The number of hydrazine groups is 1. The third-order valence-corrected chi connectivity index (χ3v) is 2.62. The van der Waals surface area contributed by atoms with Crippen LogP contribution in [0.25, 0.3) is 0 Å². The number of pyridine rings is 1. The molecule has 4 heteroatoms. The first kappa shape index (κ1) is 12.3. The summed E-state index contributed by atoms with van der Waals surface area (Å²) in [6.07, 6.45) is 3.49. The van der Waals surface area contributed by atoms with Gasteiger partial charge in [-0.2, -0.15) is 0 Å². The van der Waals surface area contributed by atoms with Crippen LogP contribution in [0.15, 0.2) is 54.9 Å². The molecule has 0 aliphatic heterocycles. The van der Waals surface area contributed by atoms with Crippen molar-refractivity contribution in [2.24, 2.45) is 0 Å². The molecule has 2 rings (SSSR count). The number of rotatable bonds is 4. The van der Waals surface area contributed by atoms with Gasteiger partial charge < -0.3 is 0 Å². The highest BCUT2D eigenvalue weighted by molar-refractivity contribution is 5.93. The van der Waals surface area contributed by atoms with Gasteiger partial charge in [-0.1, -0.05) is 24.3 Å². The van der Waals surface area contributed by atoms with Crippen molar-refractivity contribution in [3.8, 4) is 0 Å². The molecule has 1 atom stereocenters. The lowest BCUT2D eigenvalue weighted by molar-refractivity contribution is 0.0926. The number of carbonyl (C=O) groups is 1. The van der Waals surface area contributed by atoms with Crippen molar-refractivity contribution in [3.05, 3.63) is 66.0 Å². The van der Waals surface area contributed by atoms with E-state index < -0.39 is 0 Å². The Kier molecular flexibility index (Phi) is 4.04. The Morgan fingerprint density at radius 1 is 1.17 bits per heavy atom. The molecule has 0 radical (unpaired) electrons. The maximum atomic E-state index is 11.8. The SMILES string of the molecule is C[C@@H](NNC(=O)c1ccccc1)c1cccnc1. The Morgan fingerprint density at radius 2 is 1.94 bits per heavy atom. The first-order valence-corrected chi connectivity index (χ1v) is 5.78. The number of carbonyl (C=O) groups excluding carboxylic acids is 1. The number of aromatic nitrogens is 1. The van der Waals surface area contributed by atoms with Crippen molar-refractivity contribution in [2.45, 2.75) is 13.0 Å². The van der Waals surface area contributed by atoms with Crippen LogP contribution in [0, 0.1) is 0 Å². The Morgan fingerprint density at radius 3 is 2.61 bits per heavy atom. The topological polar surface area (TPSA) is 54.0 Å². The van der Waals surface area contributed by atoms with E-state index in [4.69, 9.17) is 0 Å². The predicted molar refractivity (Wildman–Crippen MR) is 69.7 cm³/mol. The molecule has 4 nitrogen and oxygen atoms in total. The van der Waals surface area contributed by atoms with Crippen LogP contribution in [0.2, 0.25) is 0 Å². The summed E-state index contributed by atoms with van der Waals surface area (Å²) >= 11 is 0. The van der Waals surface area contributed by atoms with Crippen molar-refractivity contribution in [1.29, 1.82) is 0 Å². The third kappa shape index (κ3) is 3.15. The summed E-state index contributed by atoms with van der Waals surface area (Å²) in [6.45, 7) is 1.96. The summed E-state index contributed by atoms with van der Waals surface area (Å²) in [4.78, 5) is 15.8. The van der Waals surface area contributed by atoms with Gasteiger partial charge in [-0.15, -0.1) is 0 Å². The van der Waals surface area contributed by atoms with E-state index in [9.17, 15) is 4.79 Å². The second-order valence-electron chi connectivity index (χ2n) is 3.97. The molecule has 18 heavy (non-hydrogen) atoms. The highest BCUT2D eigenvalue weighted by atomic mass is 16.2. The summed E-state index contributed by atoms with van der Waals surface area (Å²) in [5.74, 6) is -0.147. The molecule has 2 aromatic rings. The number of amides is 1. The number of benzene rings is 1. The average molecular weight is 241 g/mol. The van der Waals surface area contributed by atoms with E-state index in [-0.39, 0.29) is 11.9 Å². The molecule has 0 fully saturated rings. The Bertz CT molecular complexity index is 499. The number of nitrogens with one attached hydrogen (secondary N) is 2. The molecule has 0 saturated carbocycles. The van der Waals surface area contributed by atoms with E-state index >= 15 is 0 Å². The molecule has 1 aromatic carbocycles. The van der Waals surface area contributed by atoms with Gasteiger partial charge in [0.1, 0.15) is 0 Å². The van der Waals surface area contributed by atoms with Gasteiger partial charge in [0.05, 0.1) is 0 Å². The van der Waals surface area contributed by atoms with Gasteiger partial charge in [0, 0.05) is 24.0 Å². The second kappa shape index (κ2) is 5.93. The van der Waals surface area contributed by atoms with Crippen molar-refractivity contribution < 1.29 is 4.79 Å². The van der Waals surface area contributed by atoms with Crippen LogP contribution in [0.5, 0.6) is 0 Å². The second-order valence-corrected chi connectivity index (χ2v) is 3.97. The van der Waals surface area contributed by atoms with Crippen LogP contribution in [0.4, 0.5) is 0 Å². The summed E-state index contributed by atoms with van der Waals surface area (Å²) in [6, 6.07) is 12.9. The summed E-state index contributed by atoms with van der Waals surface area (Å²) < 4.78 is 0. The largest absolute Gasteiger partial charge is 0.287 e. The van der Waals surface area contributed by atoms with Crippen molar-refractivity contribution in [3.63, 3.8) is 0 Å². The van der Waals surface area contributed by atoms with Gasteiger partial charge in [0.25, 0.3) is 5.91 Å². The van der Waals surface area contributed by atoms with E-state index in [1.165, 1.54) is 0 Å². The fourth-order valence-electron chi connectivity index (χ4n) is 1.55. The third-order valence-electron chi connectivity index (χ3n) is 2.62. The number of nitrogens with zero attached hydrogens (tertiary/aromatic N) is 1. The molecular formula is C14H15N3O. The van der Waals surface area contributed by atoms with Gasteiger partial charge in [-0.3, -0.25) is 15.2 Å². The highest BCUT2D eigenvalue weighted by Crippen LogP contribution is 2.08. The monoisotopic (exact) mass is 241 g/mol. The molecular weight excluding hydrogens is 226 g/mol. The van der Waals surface area contributed by atoms with Crippen molar-refractivity contribution in [2.75, 3.05) is 0 Å². The fourth-order valence-corrected chi connectivity index (χ4v) is 1.55. The Labute approximate surface area is 106 Å². The predicted octanol–water partition coefficient (Wildman–Crippen LogP) is 2.08. The van der Waals surface area contributed by atoms with Crippen LogP contribution in [0.1, 0.15) is 28.9 Å². The smallest absolute Gasteiger partial charge is 0.265 e. The van der Waals surface area contributed by atoms with E-state index in [1.54, 1.807) is 24.5 Å². The number of hydrogen-bond acceptors (Lipinski definition) is 3. The standard InChI is InChI=1S/C14H15N3O/c1-11(13-8-5-9-15-10-13)16-17-14(18)12-6-3-2-4-7-12/h2-11,16H,1H3,(H,17,18)/t11-/m1/s1. The van der Waals surface area contributed by atoms with Crippen LogP contribution in [0.3, 0.4) is 0 Å². The molecule has 1 heterocycles. The lowest BCUT2D eigenvalue weighted by Crippen LogP contribution is -2.39. The zero-order valence-corrected chi connectivity index (χ0v) is 10.1. The molecule has 0 unspecified atom stereocenters. The first-order chi connectivity index (χ1) is 8.77. The molecule has 1 amide bonds. The van der Waals surface area contributed by atoms with Gasteiger partial charge >= 0.3 is 0 Å².